The molecule has 0 bridgehead atoms. The molecule has 0 N–H and O–H groups in total. The lowest BCUT2D eigenvalue weighted by atomic mass is 9.84. The molecule has 3 aliphatic rings. The van der Waals surface area contributed by atoms with Crippen LogP contribution < -0.4 is 0 Å². The van der Waals surface area contributed by atoms with Crippen LogP contribution in [-0.4, -0.2) is 61.3 Å². The highest BCUT2D eigenvalue weighted by Gasteiger charge is 2.64. The predicted octanol–water partition coefficient (Wildman–Crippen LogP) is 0.987. The Hall–Kier alpha value is -0.730. The molecule has 1 saturated carbocycles. The average Bonchev–Trinajstić information content (AvgIpc) is 2.84. The molecule has 0 aromatic carbocycles. The minimum absolute atomic E-state index is 0.356. The first-order valence-electron chi connectivity index (χ1n) is 7.55. The first-order chi connectivity index (χ1) is 10.1. The van der Waals surface area contributed by atoms with Gasteiger partial charge in [-0.25, -0.2) is 0 Å². The summed E-state index contributed by atoms with van der Waals surface area (Å²) in [5, 5.41) is 0. The number of methoxy groups -OCH3 is 1. The zero-order valence-electron chi connectivity index (χ0n) is 13.8. The number of hydrogen-bond donors (Lipinski definition) is 0. The maximum atomic E-state index is 11.5. The summed E-state index contributed by atoms with van der Waals surface area (Å²) >= 11 is 0. The summed E-state index contributed by atoms with van der Waals surface area (Å²) < 4.78 is 35.0. The summed E-state index contributed by atoms with van der Waals surface area (Å²) in [5.41, 5.74) is 0. The van der Waals surface area contributed by atoms with E-state index in [-0.39, 0.29) is 24.3 Å². The van der Waals surface area contributed by atoms with Gasteiger partial charge in [-0.05, 0) is 27.7 Å². The molecule has 3 rings (SSSR count). The summed E-state index contributed by atoms with van der Waals surface area (Å²) in [5.74, 6) is -1.95. The van der Waals surface area contributed by atoms with E-state index in [1.807, 2.05) is 27.7 Å². The van der Waals surface area contributed by atoms with Crippen molar-refractivity contribution in [3.63, 3.8) is 0 Å². The van der Waals surface area contributed by atoms with Crippen LogP contribution in [0.1, 0.15) is 34.6 Å². The molecule has 2 aliphatic heterocycles. The van der Waals surface area contributed by atoms with Crippen molar-refractivity contribution in [1.82, 2.24) is 0 Å². The molecule has 1 aliphatic carbocycles. The van der Waals surface area contributed by atoms with E-state index in [9.17, 15) is 4.79 Å². The van der Waals surface area contributed by atoms with Gasteiger partial charge in [0, 0.05) is 14.0 Å². The van der Waals surface area contributed by atoms with Gasteiger partial charge in [-0.15, -0.1) is 0 Å². The van der Waals surface area contributed by atoms with Crippen LogP contribution in [0.25, 0.3) is 0 Å². The first-order valence-corrected chi connectivity index (χ1v) is 7.55. The Morgan fingerprint density at radius 2 is 1.18 bits per heavy atom. The van der Waals surface area contributed by atoms with Gasteiger partial charge in [0.25, 0.3) is 0 Å². The summed E-state index contributed by atoms with van der Waals surface area (Å²) in [7, 11) is 1.61. The molecule has 7 nitrogen and oxygen atoms in total. The standard InChI is InChI=1S/C15H24O7/c1-7(16)18-9-12-10(19-14(2,3)21-12)8(17-6)11-13(9)22-15(4,5)20-11/h8-13H,1-6H3/t8?,9?,10-,11-,12-,13+/m0/s1. The molecule has 0 radical (unpaired) electrons. The van der Waals surface area contributed by atoms with Gasteiger partial charge in [0.1, 0.15) is 30.5 Å². The van der Waals surface area contributed by atoms with E-state index < -0.39 is 29.9 Å². The van der Waals surface area contributed by atoms with Crippen LogP contribution in [0.5, 0.6) is 0 Å². The lowest BCUT2D eigenvalue weighted by Crippen LogP contribution is -2.63. The van der Waals surface area contributed by atoms with E-state index in [1.54, 1.807) is 7.11 Å². The Morgan fingerprint density at radius 3 is 1.50 bits per heavy atom. The van der Waals surface area contributed by atoms with Crippen molar-refractivity contribution in [3.8, 4) is 0 Å². The fourth-order valence-corrected chi connectivity index (χ4v) is 3.62. The van der Waals surface area contributed by atoms with Crippen molar-refractivity contribution in [2.75, 3.05) is 7.11 Å². The van der Waals surface area contributed by atoms with Gasteiger partial charge in [0.15, 0.2) is 17.7 Å². The van der Waals surface area contributed by atoms with E-state index in [1.165, 1.54) is 6.92 Å². The molecule has 0 amide bonds. The van der Waals surface area contributed by atoms with Crippen LogP contribution >= 0.6 is 0 Å². The van der Waals surface area contributed by atoms with E-state index in [2.05, 4.69) is 0 Å². The maximum absolute atomic E-state index is 11.5. The number of fused-ring (bicyclic) bond motifs is 2. The third-order valence-corrected chi connectivity index (χ3v) is 4.20. The quantitative estimate of drug-likeness (QED) is 0.703. The maximum Gasteiger partial charge on any atom is 0.303 e. The lowest BCUT2D eigenvalue weighted by molar-refractivity contribution is -0.194. The fourth-order valence-electron chi connectivity index (χ4n) is 3.62. The molecule has 126 valence electrons. The van der Waals surface area contributed by atoms with Gasteiger partial charge in [-0.2, -0.15) is 0 Å². The number of carbonyl (C=O) groups is 1. The molecule has 6 atom stereocenters. The Kier molecular flexibility index (Phi) is 3.77. The number of rotatable bonds is 2. The Balaban J connectivity index is 1.95. The number of ether oxygens (including phenoxy) is 6. The molecular weight excluding hydrogens is 292 g/mol. The molecule has 22 heavy (non-hydrogen) atoms. The second-order valence-electron chi connectivity index (χ2n) is 6.90. The second-order valence-corrected chi connectivity index (χ2v) is 6.90. The molecule has 7 heteroatoms. The molecular formula is C15H24O7. The zero-order chi connectivity index (χ0) is 16.3. The monoisotopic (exact) mass is 316 g/mol. The topological polar surface area (TPSA) is 72.5 Å². The molecule has 2 saturated heterocycles. The number of hydrogen-bond acceptors (Lipinski definition) is 7. The normalized spacial score (nSPS) is 45.2. The van der Waals surface area contributed by atoms with Crippen LogP contribution in [-0.2, 0) is 33.2 Å². The van der Waals surface area contributed by atoms with Crippen LogP contribution in [0.2, 0.25) is 0 Å². The van der Waals surface area contributed by atoms with Gasteiger partial charge in [0.2, 0.25) is 0 Å². The average molecular weight is 316 g/mol. The van der Waals surface area contributed by atoms with E-state index in [0.29, 0.717) is 0 Å². The van der Waals surface area contributed by atoms with Crippen molar-refractivity contribution in [2.45, 2.75) is 82.8 Å². The van der Waals surface area contributed by atoms with Crippen LogP contribution in [0.15, 0.2) is 0 Å². The SMILES string of the molecule is COC1[C@@H]2OC(C)(C)O[C@@H]2C(OC(C)=O)[C@@H]2OC(C)(C)O[C@@H]12. The van der Waals surface area contributed by atoms with Crippen LogP contribution in [0, 0.1) is 0 Å². The van der Waals surface area contributed by atoms with E-state index in [0.717, 1.165) is 0 Å². The fraction of sp³-hybridized carbons (Fsp3) is 0.933. The minimum atomic E-state index is -0.779. The molecule has 2 heterocycles. The highest BCUT2D eigenvalue weighted by molar-refractivity contribution is 5.66. The van der Waals surface area contributed by atoms with Crippen molar-refractivity contribution >= 4 is 5.97 Å². The van der Waals surface area contributed by atoms with Gasteiger partial charge >= 0.3 is 5.97 Å². The van der Waals surface area contributed by atoms with Crippen molar-refractivity contribution in [1.29, 1.82) is 0 Å². The van der Waals surface area contributed by atoms with Crippen LogP contribution in [0.3, 0.4) is 0 Å². The van der Waals surface area contributed by atoms with Crippen molar-refractivity contribution in [3.05, 3.63) is 0 Å². The summed E-state index contributed by atoms with van der Waals surface area (Å²) in [6.07, 6.45) is -2.63. The van der Waals surface area contributed by atoms with E-state index >= 15 is 0 Å². The third-order valence-electron chi connectivity index (χ3n) is 4.20. The second kappa shape index (κ2) is 5.14. The molecule has 0 aromatic heterocycles. The Bertz CT molecular complexity index is 429. The Morgan fingerprint density at radius 1 is 0.818 bits per heavy atom. The van der Waals surface area contributed by atoms with Crippen molar-refractivity contribution < 1.29 is 33.2 Å². The van der Waals surface area contributed by atoms with E-state index in [4.69, 9.17) is 28.4 Å². The van der Waals surface area contributed by atoms with Gasteiger partial charge in [-0.1, -0.05) is 0 Å². The third kappa shape index (κ3) is 2.65. The van der Waals surface area contributed by atoms with Gasteiger partial charge in [0.05, 0.1) is 0 Å². The largest absolute Gasteiger partial charge is 0.457 e. The molecule has 0 spiro atoms. The molecule has 3 fully saturated rings. The minimum Gasteiger partial charge on any atom is -0.457 e. The smallest absolute Gasteiger partial charge is 0.303 e. The van der Waals surface area contributed by atoms with Crippen LogP contribution in [0.4, 0.5) is 0 Å². The molecule has 0 aromatic rings. The van der Waals surface area contributed by atoms with Gasteiger partial charge in [-0.3, -0.25) is 4.79 Å². The highest BCUT2D eigenvalue weighted by atomic mass is 16.8. The number of carbonyl (C=O) groups excluding carboxylic acids is 1. The first kappa shape index (κ1) is 16.1. The zero-order valence-corrected chi connectivity index (χ0v) is 13.8. The summed E-state index contributed by atoms with van der Waals surface area (Å²) in [6.45, 7) is 8.66. The summed E-state index contributed by atoms with van der Waals surface area (Å²) in [4.78, 5) is 11.5. The highest BCUT2D eigenvalue weighted by Crippen LogP contribution is 2.46. The predicted molar refractivity (Wildman–Crippen MR) is 74.0 cm³/mol. The summed E-state index contributed by atoms with van der Waals surface area (Å²) in [6, 6.07) is 0. The molecule has 2 unspecified atom stereocenters. The van der Waals surface area contributed by atoms with Gasteiger partial charge < -0.3 is 28.4 Å². The lowest BCUT2D eigenvalue weighted by Gasteiger charge is -2.41. The van der Waals surface area contributed by atoms with Crippen molar-refractivity contribution in [2.24, 2.45) is 0 Å². The number of esters is 1. The Labute approximate surface area is 130 Å².